The molecule has 2 N–H and O–H groups in total. The van der Waals surface area contributed by atoms with E-state index in [9.17, 15) is 4.79 Å². The summed E-state index contributed by atoms with van der Waals surface area (Å²) in [6.07, 6.45) is 10.0. The van der Waals surface area contributed by atoms with E-state index in [1.54, 1.807) is 11.8 Å². The van der Waals surface area contributed by atoms with Crippen LogP contribution in [-0.4, -0.2) is 30.8 Å². The van der Waals surface area contributed by atoms with E-state index in [1.807, 2.05) is 24.3 Å². The molecule has 2 aliphatic heterocycles. The van der Waals surface area contributed by atoms with Gasteiger partial charge in [0, 0.05) is 22.8 Å². The summed E-state index contributed by atoms with van der Waals surface area (Å²) in [4.78, 5) is 13.0. The number of carbonyl (C=O) groups is 1. The topological polar surface area (TPSA) is 41.1 Å². The van der Waals surface area contributed by atoms with Crippen molar-refractivity contribution in [3.05, 3.63) is 45.8 Å². The molecule has 1 fully saturated rings. The summed E-state index contributed by atoms with van der Waals surface area (Å²) < 4.78 is 0.840. The summed E-state index contributed by atoms with van der Waals surface area (Å²) in [5.74, 6) is 0.908. The molecular formula is C15H19BrN2OS. The second kappa shape index (κ2) is 7.86. The summed E-state index contributed by atoms with van der Waals surface area (Å²) in [6.45, 7) is 5.67. The lowest BCUT2D eigenvalue weighted by Gasteiger charge is -2.23. The molecule has 0 aromatic carbocycles. The molecule has 1 amide bonds. The third kappa shape index (κ3) is 4.96. The highest BCUT2D eigenvalue weighted by molar-refractivity contribution is 9.11. The molecule has 0 aromatic rings. The Labute approximate surface area is 132 Å². The predicted molar refractivity (Wildman–Crippen MR) is 89.9 cm³/mol. The first kappa shape index (κ1) is 15.6. The van der Waals surface area contributed by atoms with Crippen molar-refractivity contribution < 1.29 is 4.79 Å². The number of rotatable bonds is 4. The van der Waals surface area contributed by atoms with Crippen molar-refractivity contribution in [2.24, 2.45) is 0 Å². The highest BCUT2D eigenvalue weighted by Gasteiger charge is 2.21. The van der Waals surface area contributed by atoms with E-state index in [1.165, 1.54) is 0 Å². The van der Waals surface area contributed by atoms with Gasteiger partial charge in [0.25, 0.3) is 5.91 Å². The van der Waals surface area contributed by atoms with Crippen molar-refractivity contribution in [1.82, 2.24) is 10.6 Å². The van der Waals surface area contributed by atoms with Crippen LogP contribution < -0.4 is 10.6 Å². The highest BCUT2D eigenvalue weighted by atomic mass is 79.9. The van der Waals surface area contributed by atoms with Gasteiger partial charge in [-0.2, -0.15) is 0 Å². The number of carbonyl (C=O) groups excluding carboxylic acids is 1. The van der Waals surface area contributed by atoms with Gasteiger partial charge < -0.3 is 10.6 Å². The van der Waals surface area contributed by atoms with Crippen LogP contribution in [0.2, 0.25) is 0 Å². The number of nitrogens with one attached hydrogen (secondary N) is 2. The van der Waals surface area contributed by atoms with E-state index >= 15 is 0 Å². The molecule has 0 radical (unpaired) electrons. The van der Waals surface area contributed by atoms with Crippen LogP contribution >= 0.6 is 27.7 Å². The zero-order valence-electron chi connectivity index (χ0n) is 11.3. The minimum absolute atomic E-state index is 0.0565. The van der Waals surface area contributed by atoms with E-state index in [2.05, 4.69) is 33.1 Å². The Morgan fingerprint density at radius 2 is 2.45 bits per heavy atom. The molecule has 5 heteroatoms. The second-order valence-corrected chi connectivity index (χ2v) is 6.90. The summed E-state index contributed by atoms with van der Waals surface area (Å²) in [5.41, 5.74) is 1.16. The summed E-state index contributed by atoms with van der Waals surface area (Å²) in [6, 6.07) is 0.266. The molecular weight excluding hydrogens is 336 g/mol. The number of piperidine rings is 1. The van der Waals surface area contributed by atoms with Gasteiger partial charge in [-0.25, -0.2) is 0 Å². The Morgan fingerprint density at radius 3 is 3.15 bits per heavy atom. The summed E-state index contributed by atoms with van der Waals surface area (Å²) in [7, 11) is 0. The first-order chi connectivity index (χ1) is 9.65. The maximum atomic E-state index is 12.1. The standard InChI is InChI=1S/C15H19BrN2OS/c1-11(16)4-2-5-12-8-14(20-10-12)15(19)18-13-6-3-7-17-9-13/h2,4-5,8,13,17H,1,3,6-7,9-10H2,(H,18,19)/b4-2-,12-5-/t13-/m1/s1. The monoisotopic (exact) mass is 354 g/mol. The number of halogens is 1. The maximum absolute atomic E-state index is 12.1. The highest BCUT2D eigenvalue weighted by Crippen LogP contribution is 2.29. The average molecular weight is 355 g/mol. The Morgan fingerprint density at radius 1 is 1.60 bits per heavy atom. The lowest BCUT2D eigenvalue weighted by Crippen LogP contribution is -2.45. The van der Waals surface area contributed by atoms with Crippen LogP contribution in [0.4, 0.5) is 0 Å². The van der Waals surface area contributed by atoms with E-state index < -0.39 is 0 Å². The smallest absolute Gasteiger partial charge is 0.257 e. The molecule has 0 bridgehead atoms. The van der Waals surface area contributed by atoms with Crippen LogP contribution in [0.5, 0.6) is 0 Å². The Balaban J connectivity index is 1.89. The Bertz CT molecular complexity index is 476. The van der Waals surface area contributed by atoms with Crippen molar-refractivity contribution >= 4 is 33.6 Å². The fraction of sp³-hybridized carbons (Fsp3) is 0.400. The molecule has 108 valence electrons. The first-order valence-electron chi connectivity index (χ1n) is 6.73. The third-order valence-corrected chi connectivity index (χ3v) is 4.51. The van der Waals surface area contributed by atoms with Crippen molar-refractivity contribution in [1.29, 1.82) is 0 Å². The SMILES string of the molecule is C=C(Br)/C=C\C=C1\C=C(C(=O)N[C@@H]2CCCNC2)SC1. The van der Waals surface area contributed by atoms with E-state index in [4.69, 9.17) is 0 Å². The van der Waals surface area contributed by atoms with Crippen LogP contribution in [0.1, 0.15) is 12.8 Å². The lowest BCUT2D eigenvalue weighted by atomic mass is 10.1. The number of hydrogen-bond acceptors (Lipinski definition) is 3. The quantitative estimate of drug-likeness (QED) is 0.762. The van der Waals surface area contributed by atoms with E-state index in [0.29, 0.717) is 0 Å². The fourth-order valence-corrected chi connectivity index (χ4v) is 3.23. The van der Waals surface area contributed by atoms with Crippen LogP contribution in [-0.2, 0) is 4.79 Å². The Kier molecular flexibility index (Phi) is 6.13. The van der Waals surface area contributed by atoms with Gasteiger partial charge in [0.2, 0.25) is 0 Å². The molecule has 0 unspecified atom stereocenters. The molecule has 1 saturated heterocycles. The van der Waals surface area contributed by atoms with E-state index in [-0.39, 0.29) is 11.9 Å². The van der Waals surface area contributed by atoms with Gasteiger partial charge in [-0.1, -0.05) is 34.7 Å². The van der Waals surface area contributed by atoms with Gasteiger partial charge >= 0.3 is 0 Å². The molecule has 2 aliphatic rings. The van der Waals surface area contributed by atoms with Crippen molar-refractivity contribution in [2.75, 3.05) is 18.8 Å². The minimum atomic E-state index is 0.0565. The molecule has 0 saturated carbocycles. The van der Waals surface area contributed by atoms with E-state index in [0.717, 1.165) is 46.6 Å². The lowest BCUT2D eigenvalue weighted by molar-refractivity contribution is -0.117. The molecule has 2 rings (SSSR count). The number of allylic oxidation sites excluding steroid dienone is 5. The normalized spacial score (nSPS) is 24.9. The van der Waals surface area contributed by atoms with Crippen molar-refractivity contribution in [2.45, 2.75) is 18.9 Å². The van der Waals surface area contributed by atoms with Crippen LogP contribution in [0.3, 0.4) is 0 Å². The number of thioether (sulfide) groups is 1. The zero-order valence-corrected chi connectivity index (χ0v) is 13.7. The first-order valence-corrected chi connectivity index (χ1v) is 8.51. The second-order valence-electron chi connectivity index (χ2n) is 4.86. The summed E-state index contributed by atoms with van der Waals surface area (Å²) in [5, 5.41) is 6.40. The van der Waals surface area contributed by atoms with Gasteiger partial charge in [0.05, 0.1) is 4.91 Å². The minimum Gasteiger partial charge on any atom is -0.348 e. The van der Waals surface area contributed by atoms with Crippen LogP contribution in [0, 0.1) is 0 Å². The number of hydrogen-bond donors (Lipinski definition) is 2. The number of amides is 1. The van der Waals surface area contributed by atoms with Gasteiger partial charge in [-0.15, -0.1) is 11.8 Å². The fourth-order valence-electron chi connectivity index (χ4n) is 2.15. The van der Waals surface area contributed by atoms with Gasteiger partial charge in [-0.3, -0.25) is 4.79 Å². The maximum Gasteiger partial charge on any atom is 0.257 e. The van der Waals surface area contributed by atoms with Crippen molar-refractivity contribution in [3.8, 4) is 0 Å². The molecule has 1 atom stereocenters. The van der Waals surface area contributed by atoms with Gasteiger partial charge in [0.1, 0.15) is 0 Å². The predicted octanol–water partition coefficient (Wildman–Crippen LogP) is 2.88. The molecule has 2 heterocycles. The average Bonchev–Trinajstić information content (AvgIpc) is 2.88. The third-order valence-electron chi connectivity index (χ3n) is 3.15. The molecule has 20 heavy (non-hydrogen) atoms. The Hall–Kier alpha value is -0.780. The zero-order chi connectivity index (χ0) is 14.4. The molecule has 0 spiro atoms. The van der Waals surface area contributed by atoms with Gasteiger partial charge in [0.15, 0.2) is 0 Å². The largest absolute Gasteiger partial charge is 0.348 e. The van der Waals surface area contributed by atoms with Crippen molar-refractivity contribution in [3.63, 3.8) is 0 Å². The van der Waals surface area contributed by atoms with Crippen LogP contribution in [0.25, 0.3) is 0 Å². The molecule has 0 aromatic heterocycles. The van der Waals surface area contributed by atoms with Crippen LogP contribution in [0.15, 0.2) is 45.8 Å². The van der Waals surface area contributed by atoms with Gasteiger partial charge in [-0.05, 0) is 37.1 Å². The molecule has 3 nitrogen and oxygen atoms in total. The molecule has 0 aliphatic carbocycles. The summed E-state index contributed by atoms with van der Waals surface area (Å²) >= 11 is 4.87.